The van der Waals surface area contributed by atoms with E-state index in [-0.39, 0.29) is 0 Å². The Hall–Kier alpha value is -0.300. The highest BCUT2D eigenvalue weighted by Gasteiger charge is 1.90. The molecule has 1 nitrogen and oxygen atoms in total. The maximum absolute atomic E-state index is 5.44. The molecule has 0 aromatic heterocycles. The molecule has 0 unspecified atom stereocenters. The molecule has 0 N–H and O–H groups in total. The van der Waals surface area contributed by atoms with Crippen molar-refractivity contribution in [3.05, 3.63) is 18.6 Å². The highest BCUT2D eigenvalue weighted by atomic mass is 35.5. The molecule has 0 saturated carbocycles. The van der Waals surface area contributed by atoms with E-state index >= 15 is 0 Å². The summed E-state index contributed by atoms with van der Waals surface area (Å²) in [7, 11) is 0. The van der Waals surface area contributed by atoms with Crippen molar-refractivity contribution in [2.45, 2.75) is 0 Å². The van der Waals surface area contributed by atoms with Crippen molar-refractivity contribution in [3.63, 3.8) is 0 Å². The minimum Gasteiger partial charge on any atom is -0.272 e. The van der Waals surface area contributed by atoms with Crippen LogP contribution in [0.25, 0.3) is 0 Å². The van der Waals surface area contributed by atoms with Gasteiger partial charge in [-0.05, 0) is 6.08 Å². The van der Waals surface area contributed by atoms with Crippen molar-refractivity contribution in [2.24, 2.45) is 4.99 Å². The van der Waals surface area contributed by atoms with Gasteiger partial charge in [-0.1, -0.05) is 17.7 Å². The number of nitrogens with zero attached hydrogens (tertiary/aromatic N) is 1. The molecule has 1 aliphatic heterocycles. The first kappa shape index (κ1) is 4.85. The van der Waals surface area contributed by atoms with Crippen molar-refractivity contribution < 1.29 is 0 Å². The fourth-order valence-corrected chi connectivity index (χ4v) is 0.477. The molecule has 0 fully saturated rings. The van der Waals surface area contributed by atoms with E-state index in [1.54, 1.807) is 12.2 Å². The van der Waals surface area contributed by atoms with Gasteiger partial charge in [-0.2, -0.15) is 0 Å². The van der Waals surface area contributed by atoms with Gasteiger partial charge in [0.1, 0.15) is 5.17 Å². The molecule has 0 amide bonds. The Morgan fingerprint density at radius 3 is 3.00 bits per heavy atom. The number of aliphatic imine (C=N–C) groups is 1. The van der Waals surface area contributed by atoms with Crippen LogP contribution in [0, 0.1) is 6.42 Å². The average Bonchev–Trinajstić information content (AvgIpc) is 1.69. The SMILES string of the molecule is ClC1=NC[C]C=C1. The number of rotatable bonds is 0. The number of halogens is 1. The molecule has 0 aromatic rings. The Morgan fingerprint density at radius 1 is 1.86 bits per heavy atom. The van der Waals surface area contributed by atoms with Crippen LogP contribution >= 0.6 is 11.6 Å². The van der Waals surface area contributed by atoms with E-state index in [4.69, 9.17) is 11.6 Å². The fourth-order valence-electron chi connectivity index (χ4n) is 0.354. The number of allylic oxidation sites excluding steroid dienone is 1. The lowest BCUT2D eigenvalue weighted by Gasteiger charge is -1.93. The van der Waals surface area contributed by atoms with Crippen molar-refractivity contribution in [1.82, 2.24) is 0 Å². The second kappa shape index (κ2) is 2.12. The van der Waals surface area contributed by atoms with E-state index in [2.05, 4.69) is 11.4 Å². The summed E-state index contributed by atoms with van der Waals surface area (Å²) in [6.07, 6.45) is 6.35. The van der Waals surface area contributed by atoms with E-state index < -0.39 is 0 Å². The zero-order chi connectivity index (χ0) is 5.11. The van der Waals surface area contributed by atoms with E-state index in [0.29, 0.717) is 11.7 Å². The predicted molar refractivity (Wildman–Crippen MR) is 30.5 cm³/mol. The molecule has 1 heterocycles. The maximum atomic E-state index is 5.44. The molecule has 0 saturated heterocycles. The minimum atomic E-state index is 0.568. The lowest BCUT2D eigenvalue weighted by atomic mass is 10.3. The third kappa shape index (κ3) is 1.32. The fraction of sp³-hybridized carbons (Fsp3) is 0.200. The molecular weight excluding hydrogens is 110 g/mol. The van der Waals surface area contributed by atoms with Crippen LogP contribution in [0.2, 0.25) is 0 Å². The van der Waals surface area contributed by atoms with Crippen molar-refractivity contribution in [3.8, 4) is 0 Å². The number of dihydropyridines is 1. The topological polar surface area (TPSA) is 12.4 Å². The normalized spacial score (nSPS) is 19.3. The first-order valence-electron chi connectivity index (χ1n) is 1.99. The van der Waals surface area contributed by atoms with Crippen LogP contribution in [0.3, 0.4) is 0 Å². The summed E-state index contributed by atoms with van der Waals surface area (Å²) in [4.78, 5) is 3.81. The van der Waals surface area contributed by atoms with E-state index in [1.807, 2.05) is 0 Å². The molecule has 0 atom stereocenters. The van der Waals surface area contributed by atoms with Gasteiger partial charge in [-0.3, -0.25) is 4.99 Å². The van der Waals surface area contributed by atoms with Gasteiger partial charge in [0.15, 0.2) is 0 Å². The molecule has 1 aliphatic rings. The maximum Gasteiger partial charge on any atom is 0.123 e. The standard InChI is InChI=1S/C5H4ClN/c6-5-3-1-2-4-7-5/h1,3H,4H2. The molecular formula is C5H4ClN. The number of hydrogen-bond donors (Lipinski definition) is 0. The Bertz CT molecular complexity index is 115. The average molecular weight is 114 g/mol. The third-order valence-corrected chi connectivity index (χ3v) is 0.906. The van der Waals surface area contributed by atoms with Crippen molar-refractivity contribution >= 4 is 16.8 Å². The predicted octanol–water partition coefficient (Wildman–Crippen LogP) is 1.27. The van der Waals surface area contributed by atoms with Crippen LogP contribution < -0.4 is 0 Å². The summed E-state index contributed by atoms with van der Waals surface area (Å²) in [6.45, 7) is 0.606. The van der Waals surface area contributed by atoms with Gasteiger partial charge in [0, 0.05) is 6.42 Å². The van der Waals surface area contributed by atoms with Crippen LogP contribution in [0.4, 0.5) is 0 Å². The molecule has 2 heteroatoms. The van der Waals surface area contributed by atoms with Crippen molar-refractivity contribution in [1.29, 1.82) is 0 Å². The van der Waals surface area contributed by atoms with Gasteiger partial charge < -0.3 is 0 Å². The quantitative estimate of drug-likeness (QED) is 0.449. The Morgan fingerprint density at radius 2 is 2.71 bits per heavy atom. The van der Waals surface area contributed by atoms with Gasteiger partial charge in [0.25, 0.3) is 0 Å². The molecule has 0 aromatic carbocycles. The summed E-state index contributed by atoms with van der Waals surface area (Å²) < 4.78 is 0. The van der Waals surface area contributed by atoms with Crippen LogP contribution in [0.5, 0.6) is 0 Å². The molecule has 0 spiro atoms. The third-order valence-electron chi connectivity index (χ3n) is 0.660. The van der Waals surface area contributed by atoms with Crippen LogP contribution in [0.1, 0.15) is 0 Å². The monoisotopic (exact) mass is 113 g/mol. The van der Waals surface area contributed by atoms with Gasteiger partial charge in [-0.25, -0.2) is 0 Å². The van der Waals surface area contributed by atoms with Gasteiger partial charge >= 0.3 is 0 Å². The smallest absolute Gasteiger partial charge is 0.123 e. The summed E-state index contributed by atoms with van der Waals surface area (Å²) in [5, 5.41) is 0.568. The summed E-state index contributed by atoms with van der Waals surface area (Å²) >= 11 is 5.44. The molecule has 0 aliphatic carbocycles. The summed E-state index contributed by atoms with van der Waals surface area (Å²) in [6, 6.07) is 0. The zero-order valence-corrected chi connectivity index (χ0v) is 4.44. The molecule has 7 heavy (non-hydrogen) atoms. The second-order valence-electron chi connectivity index (χ2n) is 1.18. The summed E-state index contributed by atoms with van der Waals surface area (Å²) in [5.74, 6) is 0. The van der Waals surface area contributed by atoms with E-state index in [9.17, 15) is 0 Å². The Balaban J connectivity index is 2.58. The largest absolute Gasteiger partial charge is 0.272 e. The minimum absolute atomic E-state index is 0.568. The van der Waals surface area contributed by atoms with Crippen molar-refractivity contribution in [2.75, 3.05) is 6.54 Å². The number of hydrogen-bond acceptors (Lipinski definition) is 1. The Labute approximate surface area is 47.7 Å². The lowest BCUT2D eigenvalue weighted by molar-refractivity contribution is 1.17. The molecule has 36 valence electrons. The van der Waals surface area contributed by atoms with Crippen LogP contribution in [0.15, 0.2) is 17.1 Å². The molecule has 1 rings (SSSR count). The highest BCUT2D eigenvalue weighted by molar-refractivity contribution is 6.68. The zero-order valence-electron chi connectivity index (χ0n) is 3.69. The van der Waals surface area contributed by atoms with Gasteiger partial charge in [0.2, 0.25) is 0 Å². The summed E-state index contributed by atoms with van der Waals surface area (Å²) in [5.41, 5.74) is 0. The first-order valence-corrected chi connectivity index (χ1v) is 2.37. The van der Waals surface area contributed by atoms with Crippen LogP contribution in [-0.2, 0) is 0 Å². The van der Waals surface area contributed by atoms with Gasteiger partial charge in [-0.15, -0.1) is 0 Å². The first-order chi connectivity index (χ1) is 3.39. The highest BCUT2D eigenvalue weighted by Crippen LogP contribution is 1.97. The van der Waals surface area contributed by atoms with Crippen LogP contribution in [-0.4, -0.2) is 11.7 Å². The van der Waals surface area contributed by atoms with Gasteiger partial charge in [0.05, 0.1) is 6.54 Å². The second-order valence-corrected chi connectivity index (χ2v) is 1.56. The lowest BCUT2D eigenvalue weighted by Crippen LogP contribution is -1.90. The molecule has 0 bridgehead atoms. The Kier molecular flexibility index (Phi) is 1.47. The van der Waals surface area contributed by atoms with E-state index in [1.165, 1.54) is 0 Å². The van der Waals surface area contributed by atoms with E-state index in [0.717, 1.165) is 0 Å². The molecule has 2 radical (unpaired) electrons.